The topological polar surface area (TPSA) is 124 Å². The van der Waals surface area contributed by atoms with Gasteiger partial charge in [-0.25, -0.2) is 0 Å². The number of hydrogen-bond acceptors (Lipinski definition) is 8. The molecule has 49 heavy (non-hydrogen) atoms. The number of nitrogens with one attached hydrogen (secondary N) is 2. The number of likely N-dealkylation sites (N-methyl/N-ethyl adjacent to an activating group) is 1. The van der Waals surface area contributed by atoms with Crippen LogP contribution in [0.5, 0.6) is 0 Å². The lowest BCUT2D eigenvalue weighted by Gasteiger charge is -2.62. The van der Waals surface area contributed by atoms with Crippen molar-refractivity contribution < 1.29 is 29.4 Å². The molecule has 0 spiro atoms. The van der Waals surface area contributed by atoms with Crippen molar-refractivity contribution >= 4 is 11.8 Å². The highest BCUT2D eigenvalue weighted by atomic mass is 16.7. The highest BCUT2D eigenvalue weighted by molar-refractivity contribution is 5.83. The number of amides is 2. The van der Waals surface area contributed by atoms with Crippen LogP contribution in [0.1, 0.15) is 98.3 Å². The lowest BCUT2D eigenvalue weighted by atomic mass is 9.45. The van der Waals surface area contributed by atoms with Crippen molar-refractivity contribution in [1.82, 2.24) is 20.6 Å². The molecule has 6 saturated carbocycles. The SMILES string of the molecule is C[C@@H]1[C@@H](NC(=O)[C@@H]2[C@H]([C@H](C)O)[C@H](CO)ON2CC2CCCC(C3CCCC(C(=O)NCCN(C)C)C3)C2OCC2CC2)CC2C[C@@H]1C2(C)C. The Hall–Kier alpha value is -1.30. The smallest absolute Gasteiger partial charge is 0.240 e. The average Bonchev–Trinajstić information content (AvgIpc) is 3.82. The van der Waals surface area contributed by atoms with E-state index in [4.69, 9.17) is 9.57 Å². The maximum atomic E-state index is 14.3. The van der Waals surface area contributed by atoms with Crippen LogP contribution in [0.15, 0.2) is 0 Å². The summed E-state index contributed by atoms with van der Waals surface area (Å²) in [6, 6.07) is -0.563. The van der Waals surface area contributed by atoms with E-state index in [1.165, 1.54) is 19.3 Å². The molecule has 0 radical (unpaired) electrons. The monoisotopic (exact) mass is 689 g/mol. The van der Waals surface area contributed by atoms with E-state index in [-0.39, 0.29) is 42.4 Å². The van der Waals surface area contributed by atoms with Crippen LogP contribution in [0.4, 0.5) is 0 Å². The predicted molar refractivity (Wildman–Crippen MR) is 189 cm³/mol. The maximum absolute atomic E-state index is 14.3. The standard InChI is InChI=1S/C39H68N4O6/c1-23-31-18-29(39(31,3)4)19-32(23)41-38(47)35-34(24(2)45)33(21-44)49-43(35)20-28-11-8-12-30(36(28)48-22-25-13-14-25)26-9-7-10-27(17-26)37(46)40-15-16-42(5)6/h23-36,44-45H,7-22H2,1-6H3,(H,40,46)(H,41,47)/t23-,24-,26?,27?,28?,29?,30?,31-,32-,33-,34+,35-,36?/m0/s1. The van der Waals surface area contributed by atoms with Crippen LogP contribution in [-0.4, -0.2) is 109 Å². The van der Waals surface area contributed by atoms with Crippen molar-refractivity contribution in [2.45, 2.75) is 129 Å². The minimum absolute atomic E-state index is 0.0353. The summed E-state index contributed by atoms with van der Waals surface area (Å²) in [7, 11) is 4.06. The summed E-state index contributed by atoms with van der Waals surface area (Å²) >= 11 is 0. The highest BCUT2D eigenvalue weighted by Gasteiger charge is 2.58. The lowest BCUT2D eigenvalue weighted by Crippen LogP contribution is -2.62. The Morgan fingerprint density at radius 3 is 2.45 bits per heavy atom. The zero-order valence-electron chi connectivity index (χ0n) is 31.3. The van der Waals surface area contributed by atoms with Gasteiger partial charge in [-0.3, -0.25) is 14.4 Å². The molecule has 0 aromatic rings. The number of carbonyl (C=O) groups is 2. The van der Waals surface area contributed by atoms with Gasteiger partial charge in [0, 0.05) is 50.0 Å². The van der Waals surface area contributed by atoms with Gasteiger partial charge in [0.15, 0.2) is 0 Å². The molecular weight excluding hydrogens is 620 g/mol. The van der Waals surface area contributed by atoms with E-state index < -0.39 is 24.2 Å². The molecule has 1 heterocycles. The Bertz CT molecular complexity index is 1130. The van der Waals surface area contributed by atoms with Gasteiger partial charge in [0.25, 0.3) is 0 Å². The zero-order valence-corrected chi connectivity index (χ0v) is 31.3. The van der Waals surface area contributed by atoms with Crippen molar-refractivity contribution in [3.8, 4) is 0 Å². The van der Waals surface area contributed by atoms with E-state index in [2.05, 4.69) is 36.3 Å². The molecule has 1 saturated heterocycles. The quantitative estimate of drug-likeness (QED) is 0.217. The number of hydrogen-bond donors (Lipinski definition) is 4. The number of aliphatic hydroxyl groups is 2. The summed E-state index contributed by atoms with van der Waals surface area (Å²) in [5, 5.41) is 29.8. The number of aliphatic hydroxyl groups excluding tert-OH is 2. The first-order chi connectivity index (χ1) is 23.4. The molecule has 2 amide bonds. The Morgan fingerprint density at radius 2 is 1.80 bits per heavy atom. The Kier molecular flexibility index (Phi) is 12.0. The van der Waals surface area contributed by atoms with E-state index >= 15 is 0 Å². The van der Waals surface area contributed by atoms with Crippen LogP contribution in [0, 0.1) is 58.7 Å². The number of ether oxygens (including phenoxy) is 1. The van der Waals surface area contributed by atoms with Crippen molar-refractivity contribution in [2.24, 2.45) is 58.7 Å². The second-order valence-electron chi connectivity index (χ2n) is 18.1. The van der Waals surface area contributed by atoms with Crippen LogP contribution < -0.4 is 10.6 Å². The summed E-state index contributed by atoms with van der Waals surface area (Å²) in [4.78, 5) is 36.0. The van der Waals surface area contributed by atoms with Crippen molar-refractivity contribution in [1.29, 1.82) is 0 Å². The normalized spacial score (nSPS) is 41.2. The fraction of sp³-hybridized carbons (Fsp3) is 0.949. The third-order valence-electron chi connectivity index (χ3n) is 14.2. The first-order valence-electron chi connectivity index (χ1n) is 20.0. The summed E-state index contributed by atoms with van der Waals surface area (Å²) in [5.74, 6) is 2.87. The van der Waals surface area contributed by atoms with Crippen molar-refractivity contribution in [3.63, 3.8) is 0 Å². The van der Waals surface area contributed by atoms with Crippen molar-refractivity contribution in [3.05, 3.63) is 0 Å². The van der Waals surface area contributed by atoms with Gasteiger partial charge >= 0.3 is 0 Å². The van der Waals surface area contributed by atoms with Gasteiger partial charge in [0.05, 0.1) is 18.8 Å². The second-order valence-corrected chi connectivity index (χ2v) is 18.1. The third-order valence-corrected chi connectivity index (χ3v) is 14.2. The average molecular weight is 689 g/mol. The summed E-state index contributed by atoms with van der Waals surface area (Å²) in [6.45, 7) is 11.3. The fourth-order valence-electron chi connectivity index (χ4n) is 10.9. The molecule has 0 aromatic carbocycles. The first kappa shape index (κ1) is 37.5. The summed E-state index contributed by atoms with van der Waals surface area (Å²) in [5.41, 5.74) is 0.328. The maximum Gasteiger partial charge on any atom is 0.240 e. The number of rotatable bonds is 14. The van der Waals surface area contributed by atoms with Crippen LogP contribution in [0.2, 0.25) is 0 Å². The third kappa shape index (κ3) is 8.20. The largest absolute Gasteiger partial charge is 0.394 e. The zero-order chi connectivity index (χ0) is 35.0. The molecule has 10 heteroatoms. The highest BCUT2D eigenvalue weighted by Crippen LogP contribution is 2.61. The number of nitrogens with zero attached hydrogens (tertiary/aromatic N) is 2. The van der Waals surface area contributed by atoms with Gasteiger partial charge < -0.3 is 30.5 Å². The minimum atomic E-state index is -0.807. The molecule has 4 N–H and O–H groups in total. The molecule has 1 aliphatic heterocycles. The summed E-state index contributed by atoms with van der Waals surface area (Å²) < 4.78 is 6.89. The Morgan fingerprint density at radius 1 is 1.04 bits per heavy atom. The molecule has 0 aromatic heterocycles. The molecule has 6 aliphatic carbocycles. The Labute approximate surface area is 295 Å². The molecule has 2 bridgehead atoms. The second kappa shape index (κ2) is 15.7. The first-order valence-corrected chi connectivity index (χ1v) is 20.0. The van der Waals surface area contributed by atoms with E-state index in [9.17, 15) is 19.8 Å². The van der Waals surface area contributed by atoms with Crippen LogP contribution in [0.25, 0.3) is 0 Å². The number of carbonyl (C=O) groups excluding carboxylic acids is 2. The molecule has 280 valence electrons. The van der Waals surface area contributed by atoms with Gasteiger partial charge in [-0.2, -0.15) is 5.06 Å². The number of hydroxylamine groups is 2. The van der Waals surface area contributed by atoms with E-state index in [1.807, 2.05) is 19.2 Å². The van der Waals surface area contributed by atoms with Crippen LogP contribution >= 0.6 is 0 Å². The Balaban J connectivity index is 1.16. The van der Waals surface area contributed by atoms with Crippen LogP contribution in [0.3, 0.4) is 0 Å². The number of fused-ring (bicyclic) bond motifs is 2. The van der Waals surface area contributed by atoms with Gasteiger partial charge in [-0.05, 0) is 113 Å². The molecular formula is C39H68N4O6. The molecule has 7 fully saturated rings. The molecule has 13 atom stereocenters. The molecule has 10 nitrogen and oxygen atoms in total. The van der Waals surface area contributed by atoms with Gasteiger partial charge in [0.2, 0.25) is 11.8 Å². The van der Waals surface area contributed by atoms with E-state index in [1.54, 1.807) is 6.92 Å². The minimum Gasteiger partial charge on any atom is -0.394 e. The molecule has 7 aliphatic rings. The van der Waals surface area contributed by atoms with E-state index in [0.717, 1.165) is 64.5 Å². The van der Waals surface area contributed by atoms with Gasteiger partial charge in [-0.1, -0.05) is 40.0 Å². The van der Waals surface area contributed by atoms with Crippen molar-refractivity contribution in [2.75, 3.05) is 46.9 Å². The summed E-state index contributed by atoms with van der Waals surface area (Å²) in [6.07, 6.45) is 10.5. The predicted octanol–water partition coefficient (Wildman–Crippen LogP) is 3.84. The molecule has 7 rings (SSSR count). The van der Waals surface area contributed by atoms with Gasteiger partial charge in [0.1, 0.15) is 12.1 Å². The molecule has 6 unspecified atom stereocenters. The lowest BCUT2D eigenvalue weighted by molar-refractivity contribution is -0.195. The van der Waals surface area contributed by atoms with Crippen LogP contribution in [-0.2, 0) is 19.2 Å². The fourth-order valence-corrected chi connectivity index (χ4v) is 10.9. The van der Waals surface area contributed by atoms with E-state index in [0.29, 0.717) is 54.0 Å². The van der Waals surface area contributed by atoms with Gasteiger partial charge in [-0.15, -0.1) is 0 Å².